The normalized spacial score (nSPS) is 17.2. The second-order valence-corrected chi connectivity index (χ2v) is 6.43. The van der Waals surface area contributed by atoms with Gasteiger partial charge in [-0.2, -0.15) is 0 Å². The average molecular weight is 336 g/mol. The highest BCUT2D eigenvalue weighted by atomic mass is 16.5. The molecule has 6 heteroatoms. The molecular weight excluding hydrogens is 316 g/mol. The summed E-state index contributed by atoms with van der Waals surface area (Å²) in [4.78, 5) is 23.6. The molecule has 25 heavy (non-hydrogen) atoms. The molecule has 1 atom stereocenters. The van der Waals surface area contributed by atoms with Crippen LogP contribution in [0.15, 0.2) is 42.7 Å². The second-order valence-electron chi connectivity index (χ2n) is 6.43. The monoisotopic (exact) mass is 336 g/mol. The minimum Gasteiger partial charge on any atom is -0.472 e. The molecule has 4 rings (SSSR count). The number of rotatable bonds is 3. The fourth-order valence-corrected chi connectivity index (χ4v) is 3.22. The van der Waals surface area contributed by atoms with E-state index in [-0.39, 0.29) is 12.0 Å². The third-order valence-corrected chi connectivity index (χ3v) is 4.51. The van der Waals surface area contributed by atoms with E-state index in [0.29, 0.717) is 24.7 Å². The van der Waals surface area contributed by atoms with Crippen molar-refractivity contribution in [2.24, 2.45) is 0 Å². The highest BCUT2D eigenvalue weighted by Gasteiger charge is 2.31. The van der Waals surface area contributed by atoms with E-state index in [1.54, 1.807) is 6.20 Å². The van der Waals surface area contributed by atoms with Gasteiger partial charge in [0.15, 0.2) is 0 Å². The highest BCUT2D eigenvalue weighted by molar-refractivity contribution is 5.94. The van der Waals surface area contributed by atoms with Gasteiger partial charge in [-0.3, -0.25) is 9.20 Å². The number of aryl methyl sites for hydroxylation is 2. The van der Waals surface area contributed by atoms with E-state index in [0.717, 1.165) is 23.3 Å². The largest absolute Gasteiger partial charge is 0.472 e. The number of hydrogen-bond acceptors (Lipinski definition) is 4. The molecule has 128 valence electrons. The van der Waals surface area contributed by atoms with Crippen molar-refractivity contribution >= 4 is 11.6 Å². The van der Waals surface area contributed by atoms with Crippen LogP contribution in [0.1, 0.15) is 28.2 Å². The van der Waals surface area contributed by atoms with Crippen molar-refractivity contribution in [1.82, 2.24) is 19.3 Å². The summed E-state index contributed by atoms with van der Waals surface area (Å²) in [7, 11) is 0. The van der Waals surface area contributed by atoms with Gasteiger partial charge in [0.1, 0.15) is 17.4 Å². The van der Waals surface area contributed by atoms with Crippen molar-refractivity contribution in [3.05, 3.63) is 59.7 Å². The fraction of sp³-hybridized carbons (Fsp3) is 0.316. The number of carbonyl (C=O) groups is 1. The molecule has 1 saturated heterocycles. The Kier molecular flexibility index (Phi) is 3.87. The molecule has 3 aromatic rings. The molecule has 3 aromatic heterocycles. The summed E-state index contributed by atoms with van der Waals surface area (Å²) in [6.45, 7) is 5.11. The number of aromatic nitrogens is 3. The third kappa shape index (κ3) is 2.95. The lowest BCUT2D eigenvalue weighted by molar-refractivity contribution is 0.0763. The summed E-state index contributed by atoms with van der Waals surface area (Å²) in [5, 5.41) is 0. The molecule has 1 aliphatic heterocycles. The van der Waals surface area contributed by atoms with Crippen molar-refractivity contribution < 1.29 is 9.53 Å². The van der Waals surface area contributed by atoms with Crippen molar-refractivity contribution in [3.63, 3.8) is 0 Å². The smallest absolute Gasteiger partial charge is 0.272 e. The van der Waals surface area contributed by atoms with Crippen LogP contribution in [-0.2, 0) is 0 Å². The molecule has 1 amide bonds. The van der Waals surface area contributed by atoms with Crippen LogP contribution in [0.2, 0.25) is 0 Å². The SMILES string of the molecule is Cc1ccc(OC2CCN(C(=O)c3c(C)nc4ccccn34)C2)nc1. The van der Waals surface area contributed by atoms with E-state index in [2.05, 4.69) is 9.97 Å². The van der Waals surface area contributed by atoms with Gasteiger partial charge in [0.05, 0.1) is 12.2 Å². The molecule has 6 nitrogen and oxygen atoms in total. The zero-order valence-electron chi connectivity index (χ0n) is 14.3. The topological polar surface area (TPSA) is 59.7 Å². The number of hydrogen-bond donors (Lipinski definition) is 0. The molecular formula is C19H20N4O2. The minimum absolute atomic E-state index is 0.000773. The van der Waals surface area contributed by atoms with Crippen LogP contribution in [-0.4, -0.2) is 44.4 Å². The van der Waals surface area contributed by atoms with Crippen molar-refractivity contribution in [2.75, 3.05) is 13.1 Å². The predicted molar refractivity (Wildman–Crippen MR) is 93.8 cm³/mol. The van der Waals surface area contributed by atoms with E-state index in [9.17, 15) is 4.79 Å². The van der Waals surface area contributed by atoms with Gasteiger partial charge in [0.2, 0.25) is 5.88 Å². The van der Waals surface area contributed by atoms with Crippen LogP contribution in [0.3, 0.4) is 0 Å². The Morgan fingerprint density at radius 2 is 2.12 bits per heavy atom. The molecule has 1 aliphatic rings. The summed E-state index contributed by atoms with van der Waals surface area (Å²) in [5.41, 5.74) is 3.27. The molecule has 0 radical (unpaired) electrons. The van der Waals surface area contributed by atoms with E-state index in [1.165, 1.54) is 0 Å². The van der Waals surface area contributed by atoms with Crippen LogP contribution in [0, 0.1) is 13.8 Å². The number of imidazole rings is 1. The molecule has 4 heterocycles. The van der Waals surface area contributed by atoms with E-state index in [4.69, 9.17) is 4.74 Å². The Morgan fingerprint density at radius 1 is 1.24 bits per heavy atom. The van der Waals surface area contributed by atoms with Gasteiger partial charge in [0, 0.05) is 31.4 Å². The average Bonchev–Trinajstić information content (AvgIpc) is 3.20. The Labute approximate surface area is 146 Å². The van der Waals surface area contributed by atoms with Gasteiger partial charge in [-0.05, 0) is 31.5 Å². The number of amides is 1. The Bertz CT molecular complexity index is 917. The summed E-state index contributed by atoms with van der Waals surface area (Å²) < 4.78 is 7.77. The van der Waals surface area contributed by atoms with Crippen LogP contribution < -0.4 is 4.74 Å². The maximum absolute atomic E-state index is 13.0. The minimum atomic E-state index is -0.0290. The summed E-state index contributed by atoms with van der Waals surface area (Å²) >= 11 is 0. The predicted octanol–water partition coefficient (Wildman–Crippen LogP) is 2.64. The molecule has 1 unspecified atom stereocenters. The van der Waals surface area contributed by atoms with E-state index >= 15 is 0 Å². The number of likely N-dealkylation sites (tertiary alicyclic amines) is 1. The molecule has 0 aliphatic carbocycles. The number of pyridine rings is 2. The van der Waals surface area contributed by atoms with Crippen LogP contribution in [0.5, 0.6) is 5.88 Å². The quantitative estimate of drug-likeness (QED) is 0.738. The van der Waals surface area contributed by atoms with Crippen LogP contribution in [0.4, 0.5) is 0 Å². The Balaban J connectivity index is 1.50. The number of nitrogens with zero attached hydrogens (tertiary/aromatic N) is 4. The Hall–Kier alpha value is -2.89. The van der Waals surface area contributed by atoms with Crippen LogP contribution in [0.25, 0.3) is 5.65 Å². The number of carbonyl (C=O) groups excluding carboxylic acids is 1. The third-order valence-electron chi connectivity index (χ3n) is 4.51. The van der Waals surface area contributed by atoms with Gasteiger partial charge in [0.25, 0.3) is 5.91 Å². The Morgan fingerprint density at radius 3 is 2.92 bits per heavy atom. The highest BCUT2D eigenvalue weighted by Crippen LogP contribution is 2.21. The van der Waals surface area contributed by atoms with Gasteiger partial charge in [-0.1, -0.05) is 12.1 Å². The molecule has 0 N–H and O–H groups in total. The van der Waals surface area contributed by atoms with Crippen molar-refractivity contribution in [3.8, 4) is 5.88 Å². The molecule has 0 aromatic carbocycles. The van der Waals surface area contributed by atoms with Crippen molar-refractivity contribution in [1.29, 1.82) is 0 Å². The zero-order valence-corrected chi connectivity index (χ0v) is 14.3. The standard InChI is InChI=1S/C19H20N4O2/c1-13-6-7-17(20-11-13)25-15-8-10-22(12-15)19(24)18-14(2)21-16-5-3-4-9-23(16)18/h3-7,9,11,15H,8,10,12H2,1-2H3. The molecule has 0 bridgehead atoms. The molecule has 0 saturated carbocycles. The second kappa shape index (κ2) is 6.20. The maximum Gasteiger partial charge on any atom is 0.272 e. The first kappa shape index (κ1) is 15.6. The first-order valence-corrected chi connectivity index (χ1v) is 8.44. The summed E-state index contributed by atoms with van der Waals surface area (Å²) in [6.07, 6.45) is 4.44. The first-order valence-electron chi connectivity index (χ1n) is 8.44. The molecule has 0 spiro atoms. The molecule has 1 fully saturated rings. The van der Waals surface area contributed by atoms with Gasteiger partial charge in [-0.15, -0.1) is 0 Å². The number of fused-ring (bicyclic) bond motifs is 1. The van der Waals surface area contributed by atoms with E-state index < -0.39 is 0 Å². The first-order chi connectivity index (χ1) is 12.1. The van der Waals surface area contributed by atoms with Crippen molar-refractivity contribution in [2.45, 2.75) is 26.4 Å². The van der Waals surface area contributed by atoms with Gasteiger partial charge < -0.3 is 9.64 Å². The lowest BCUT2D eigenvalue weighted by atomic mass is 10.3. The fourth-order valence-electron chi connectivity index (χ4n) is 3.22. The lowest BCUT2D eigenvalue weighted by Crippen LogP contribution is -2.32. The lowest BCUT2D eigenvalue weighted by Gasteiger charge is -2.17. The van der Waals surface area contributed by atoms with Gasteiger partial charge in [-0.25, -0.2) is 9.97 Å². The summed E-state index contributed by atoms with van der Waals surface area (Å²) in [5.74, 6) is 0.607. The van der Waals surface area contributed by atoms with Gasteiger partial charge >= 0.3 is 0 Å². The maximum atomic E-state index is 13.0. The number of ether oxygens (including phenoxy) is 1. The van der Waals surface area contributed by atoms with E-state index in [1.807, 2.05) is 59.7 Å². The summed E-state index contributed by atoms with van der Waals surface area (Å²) in [6, 6.07) is 9.58. The van der Waals surface area contributed by atoms with Crippen LogP contribution >= 0.6 is 0 Å². The zero-order chi connectivity index (χ0) is 17.4.